The Morgan fingerprint density at radius 3 is 2.65 bits per heavy atom. The van der Waals surface area contributed by atoms with Crippen LogP contribution in [0.4, 0.5) is 0 Å². The molecule has 6 heteroatoms. The lowest BCUT2D eigenvalue weighted by atomic mass is 9.87. The quantitative estimate of drug-likeness (QED) is 0.476. The third kappa shape index (κ3) is 3.06. The number of ketones is 1. The molecule has 2 aromatic carbocycles. The number of rotatable bonds is 4. The Bertz CT molecular complexity index is 979. The van der Waals surface area contributed by atoms with Gasteiger partial charge in [0.2, 0.25) is 0 Å². The number of benzene rings is 2. The molecule has 1 aliphatic heterocycles. The number of halogens is 1. The molecule has 0 spiro atoms. The average Bonchev–Trinajstić information content (AvgIpc) is 3.05. The lowest BCUT2D eigenvalue weighted by molar-refractivity contribution is 0.102. The highest BCUT2D eigenvalue weighted by molar-refractivity contribution is 7.99. The van der Waals surface area contributed by atoms with Crippen molar-refractivity contribution in [2.45, 2.75) is 31.0 Å². The van der Waals surface area contributed by atoms with E-state index in [1.165, 1.54) is 17.3 Å². The molecule has 132 valence electrons. The summed E-state index contributed by atoms with van der Waals surface area (Å²) in [5.74, 6) is 1.24. The van der Waals surface area contributed by atoms with E-state index in [0.29, 0.717) is 16.3 Å². The summed E-state index contributed by atoms with van der Waals surface area (Å²) in [6, 6.07) is 15.3. The second kappa shape index (κ2) is 6.56. The van der Waals surface area contributed by atoms with E-state index in [4.69, 9.17) is 11.6 Å². The Morgan fingerprint density at radius 1 is 1.15 bits per heavy atom. The van der Waals surface area contributed by atoms with Gasteiger partial charge >= 0.3 is 0 Å². The predicted octanol–water partition coefficient (Wildman–Crippen LogP) is 4.86. The maximum atomic E-state index is 12.5. The molecular formula is C20H18ClN3OS. The molecule has 0 radical (unpaired) electrons. The van der Waals surface area contributed by atoms with Gasteiger partial charge in [0.05, 0.1) is 5.75 Å². The third-order valence-corrected chi connectivity index (χ3v) is 5.80. The van der Waals surface area contributed by atoms with Crippen LogP contribution in [0.5, 0.6) is 0 Å². The molecule has 0 N–H and O–H groups in total. The second-order valence-corrected chi connectivity index (χ2v) is 8.39. The van der Waals surface area contributed by atoms with Gasteiger partial charge in [-0.25, -0.2) is 0 Å². The first kappa shape index (κ1) is 17.3. The summed E-state index contributed by atoms with van der Waals surface area (Å²) in [4.78, 5) is 12.5. The van der Waals surface area contributed by atoms with Gasteiger partial charge in [0.15, 0.2) is 16.8 Å². The molecule has 0 saturated heterocycles. The molecule has 3 aromatic rings. The van der Waals surface area contributed by atoms with Crippen LogP contribution in [-0.4, -0.2) is 26.3 Å². The molecule has 0 fully saturated rings. The van der Waals surface area contributed by atoms with E-state index >= 15 is 0 Å². The van der Waals surface area contributed by atoms with Crippen molar-refractivity contribution in [1.29, 1.82) is 0 Å². The molecule has 4 rings (SSSR count). The largest absolute Gasteiger partial charge is 0.296 e. The fourth-order valence-corrected chi connectivity index (χ4v) is 4.48. The predicted molar refractivity (Wildman–Crippen MR) is 105 cm³/mol. The van der Waals surface area contributed by atoms with Crippen LogP contribution in [-0.2, 0) is 12.0 Å². The molecule has 0 saturated carbocycles. The van der Waals surface area contributed by atoms with Gasteiger partial charge in [-0.15, -0.1) is 10.2 Å². The zero-order chi connectivity index (χ0) is 18.3. The first-order valence-corrected chi connectivity index (χ1v) is 9.78. The molecular weight excluding hydrogens is 366 g/mol. The van der Waals surface area contributed by atoms with Crippen LogP contribution in [0.3, 0.4) is 0 Å². The Kier molecular flexibility index (Phi) is 4.37. The number of Topliss-reactive ketones (excluding diaryl/α,β-unsaturated/α-hetero) is 1. The third-order valence-electron chi connectivity index (χ3n) is 4.62. The van der Waals surface area contributed by atoms with Crippen LogP contribution in [0.25, 0.3) is 11.4 Å². The molecule has 0 amide bonds. The summed E-state index contributed by atoms with van der Waals surface area (Å²) in [5, 5.41) is 10.2. The summed E-state index contributed by atoms with van der Waals surface area (Å²) in [7, 11) is 0. The first-order chi connectivity index (χ1) is 12.5. The van der Waals surface area contributed by atoms with E-state index in [9.17, 15) is 4.79 Å². The fourth-order valence-electron chi connectivity index (χ4n) is 3.37. The van der Waals surface area contributed by atoms with Crippen molar-refractivity contribution in [2.24, 2.45) is 0 Å². The van der Waals surface area contributed by atoms with E-state index in [-0.39, 0.29) is 11.3 Å². The first-order valence-electron chi connectivity index (χ1n) is 8.41. The summed E-state index contributed by atoms with van der Waals surface area (Å²) >= 11 is 7.32. The van der Waals surface area contributed by atoms with Crippen molar-refractivity contribution in [2.75, 3.05) is 5.75 Å². The molecule has 4 nitrogen and oxygen atoms in total. The summed E-state index contributed by atoms with van der Waals surface area (Å²) in [6.07, 6.45) is 0.910. The number of thioether (sulfide) groups is 1. The number of hydrogen-bond donors (Lipinski definition) is 0. The van der Waals surface area contributed by atoms with Crippen molar-refractivity contribution < 1.29 is 4.79 Å². The van der Waals surface area contributed by atoms with Crippen LogP contribution in [0.2, 0.25) is 5.02 Å². The molecule has 1 aliphatic rings. The maximum absolute atomic E-state index is 12.5. The SMILES string of the molecule is CC1(C)Cc2ccccc2-c2nnc(SCC(=O)c3ccc(Cl)cc3)n21. The number of carbonyl (C=O) groups is 1. The Labute approximate surface area is 161 Å². The highest BCUT2D eigenvalue weighted by atomic mass is 35.5. The normalized spacial score (nSPS) is 14.6. The number of aromatic nitrogens is 3. The monoisotopic (exact) mass is 383 g/mol. The van der Waals surface area contributed by atoms with E-state index in [2.05, 4.69) is 46.8 Å². The molecule has 0 unspecified atom stereocenters. The topological polar surface area (TPSA) is 47.8 Å². The Morgan fingerprint density at radius 2 is 1.88 bits per heavy atom. The van der Waals surface area contributed by atoms with E-state index < -0.39 is 0 Å². The number of nitrogens with zero attached hydrogens (tertiary/aromatic N) is 3. The summed E-state index contributed by atoms with van der Waals surface area (Å²) in [5.41, 5.74) is 2.92. The summed E-state index contributed by atoms with van der Waals surface area (Å²) < 4.78 is 2.16. The Balaban J connectivity index is 1.61. The number of carbonyl (C=O) groups excluding carboxylic acids is 1. The minimum Gasteiger partial charge on any atom is -0.296 e. The number of hydrogen-bond acceptors (Lipinski definition) is 4. The lowest BCUT2D eigenvalue weighted by Gasteiger charge is -2.34. The van der Waals surface area contributed by atoms with Crippen LogP contribution in [0.1, 0.15) is 29.8 Å². The van der Waals surface area contributed by atoms with Crippen molar-refractivity contribution in [3.63, 3.8) is 0 Å². The molecule has 26 heavy (non-hydrogen) atoms. The average molecular weight is 384 g/mol. The zero-order valence-electron chi connectivity index (χ0n) is 14.6. The summed E-state index contributed by atoms with van der Waals surface area (Å²) in [6.45, 7) is 4.36. The van der Waals surface area contributed by atoms with Crippen LogP contribution < -0.4 is 0 Å². The van der Waals surface area contributed by atoms with Gasteiger partial charge in [-0.3, -0.25) is 9.36 Å². The number of fused-ring (bicyclic) bond motifs is 3. The van der Waals surface area contributed by atoms with Crippen molar-refractivity contribution in [1.82, 2.24) is 14.8 Å². The highest BCUT2D eigenvalue weighted by Crippen LogP contribution is 2.39. The Hall–Kier alpha value is -2.11. The van der Waals surface area contributed by atoms with E-state index in [1.54, 1.807) is 24.3 Å². The van der Waals surface area contributed by atoms with E-state index in [1.807, 2.05) is 6.07 Å². The maximum Gasteiger partial charge on any atom is 0.192 e. The van der Waals surface area contributed by atoms with Gasteiger partial charge in [-0.1, -0.05) is 47.6 Å². The van der Waals surface area contributed by atoms with E-state index in [0.717, 1.165) is 23.0 Å². The standard InChI is InChI=1S/C20H18ClN3OS/c1-20(2)11-14-5-3-4-6-16(14)18-22-23-19(24(18)20)26-12-17(25)13-7-9-15(21)10-8-13/h3-10H,11-12H2,1-2H3. The smallest absolute Gasteiger partial charge is 0.192 e. The highest BCUT2D eigenvalue weighted by Gasteiger charge is 2.34. The van der Waals surface area contributed by atoms with Crippen LogP contribution in [0.15, 0.2) is 53.7 Å². The van der Waals surface area contributed by atoms with Crippen molar-refractivity contribution >= 4 is 29.1 Å². The lowest BCUT2D eigenvalue weighted by Crippen LogP contribution is -2.33. The molecule has 2 heterocycles. The van der Waals surface area contributed by atoms with Crippen LogP contribution in [0, 0.1) is 0 Å². The van der Waals surface area contributed by atoms with Gasteiger partial charge < -0.3 is 0 Å². The zero-order valence-corrected chi connectivity index (χ0v) is 16.1. The van der Waals surface area contributed by atoms with Gasteiger partial charge in [0.25, 0.3) is 0 Å². The van der Waals surface area contributed by atoms with Gasteiger partial charge in [0.1, 0.15) is 0 Å². The van der Waals surface area contributed by atoms with Gasteiger partial charge in [-0.2, -0.15) is 0 Å². The minimum atomic E-state index is -0.140. The molecule has 0 atom stereocenters. The van der Waals surface area contributed by atoms with Crippen molar-refractivity contribution in [3.05, 3.63) is 64.7 Å². The van der Waals surface area contributed by atoms with Gasteiger partial charge in [0, 0.05) is 21.7 Å². The van der Waals surface area contributed by atoms with Crippen LogP contribution >= 0.6 is 23.4 Å². The molecule has 1 aromatic heterocycles. The minimum absolute atomic E-state index is 0.0537. The molecule has 0 aliphatic carbocycles. The van der Waals surface area contributed by atoms with Gasteiger partial charge in [-0.05, 0) is 50.1 Å². The fraction of sp³-hybridized carbons (Fsp3) is 0.250. The van der Waals surface area contributed by atoms with Crippen molar-refractivity contribution in [3.8, 4) is 11.4 Å². The second-order valence-electron chi connectivity index (χ2n) is 7.01. The molecule has 0 bridgehead atoms.